The molecule has 3 nitrogen and oxygen atoms in total. The van der Waals surface area contributed by atoms with Crippen LogP contribution in [0.4, 0.5) is 0 Å². The van der Waals surface area contributed by atoms with Crippen molar-refractivity contribution < 1.29 is 4.79 Å². The molecule has 0 bridgehead atoms. The summed E-state index contributed by atoms with van der Waals surface area (Å²) in [6, 6.07) is 2.14. The molecule has 1 aromatic rings. The fourth-order valence-electron chi connectivity index (χ4n) is 1.35. The van der Waals surface area contributed by atoms with E-state index in [0.29, 0.717) is 6.42 Å². The first kappa shape index (κ1) is 13.2. The summed E-state index contributed by atoms with van der Waals surface area (Å²) in [5.41, 5.74) is 1.37. The van der Waals surface area contributed by atoms with Crippen molar-refractivity contribution in [3.63, 3.8) is 0 Å². The molecule has 0 spiro atoms. The van der Waals surface area contributed by atoms with Crippen molar-refractivity contribution in [1.29, 1.82) is 0 Å². The summed E-state index contributed by atoms with van der Waals surface area (Å²) in [5, 5.41) is 10.4. The predicted octanol–water partition coefficient (Wildman–Crippen LogP) is 1.80. The Hall–Kier alpha value is -0.870. The first-order valence-electron chi connectivity index (χ1n) is 5.81. The average molecular weight is 240 g/mol. The van der Waals surface area contributed by atoms with Gasteiger partial charge >= 0.3 is 0 Å². The molecule has 0 saturated heterocycles. The molecule has 1 aromatic heterocycles. The molecule has 1 heterocycles. The van der Waals surface area contributed by atoms with Crippen molar-refractivity contribution in [1.82, 2.24) is 10.6 Å². The highest BCUT2D eigenvalue weighted by Gasteiger charge is 1.98. The number of amides is 1. The molecule has 16 heavy (non-hydrogen) atoms. The Labute approximate surface area is 101 Å². The van der Waals surface area contributed by atoms with E-state index in [-0.39, 0.29) is 5.91 Å². The molecule has 1 amide bonds. The minimum absolute atomic E-state index is 0.143. The molecule has 0 atom stereocenters. The van der Waals surface area contributed by atoms with Crippen molar-refractivity contribution in [2.45, 2.75) is 26.2 Å². The zero-order chi connectivity index (χ0) is 11.6. The van der Waals surface area contributed by atoms with E-state index in [0.717, 1.165) is 32.5 Å². The van der Waals surface area contributed by atoms with Crippen LogP contribution in [0.1, 0.15) is 25.3 Å². The molecule has 0 aliphatic heterocycles. The SMILES string of the molecule is CCCNC(=O)CCNCCc1ccsc1. The van der Waals surface area contributed by atoms with Crippen molar-refractivity contribution in [3.05, 3.63) is 22.4 Å². The molecule has 4 heteroatoms. The van der Waals surface area contributed by atoms with Crippen molar-refractivity contribution >= 4 is 17.2 Å². The Bertz CT molecular complexity index is 285. The number of thiophene rings is 1. The van der Waals surface area contributed by atoms with Crippen LogP contribution < -0.4 is 10.6 Å². The summed E-state index contributed by atoms with van der Waals surface area (Å²) < 4.78 is 0. The maximum Gasteiger partial charge on any atom is 0.221 e. The summed E-state index contributed by atoms with van der Waals surface area (Å²) in [4.78, 5) is 11.2. The zero-order valence-corrected chi connectivity index (χ0v) is 10.6. The van der Waals surface area contributed by atoms with Crippen LogP contribution in [0.3, 0.4) is 0 Å². The van der Waals surface area contributed by atoms with E-state index in [4.69, 9.17) is 0 Å². The van der Waals surface area contributed by atoms with Gasteiger partial charge in [-0.25, -0.2) is 0 Å². The Kier molecular flexibility index (Phi) is 6.85. The Morgan fingerprint density at radius 3 is 2.94 bits per heavy atom. The van der Waals surface area contributed by atoms with Crippen LogP contribution >= 0.6 is 11.3 Å². The number of nitrogens with one attached hydrogen (secondary N) is 2. The maximum atomic E-state index is 11.2. The van der Waals surface area contributed by atoms with Gasteiger partial charge in [-0.05, 0) is 41.8 Å². The highest BCUT2D eigenvalue weighted by molar-refractivity contribution is 7.07. The summed E-state index contributed by atoms with van der Waals surface area (Å²) >= 11 is 1.73. The number of hydrogen-bond acceptors (Lipinski definition) is 3. The predicted molar refractivity (Wildman–Crippen MR) is 68.8 cm³/mol. The standard InChI is InChI=1S/C12H20N2OS/c1-2-6-14-12(15)4-8-13-7-3-11-5-9-16-10-11/h5,9-10,13H,2-4,6-8H2,1H3,(H,14,15). The number of rotatable bonds is 8. The highest BCUT2D eigenvalue weighted by atomic mass is 32.1. The van der Waals surface area contributed by atoms with Gasteiger partial charge in [0.15, 0.2) is 0 Å². The van der Waals surface area contributed by atoms with Crippen molar-refractivity contribution in [2.75, 3.05) is 19.6 Å². The summed E-state index contributed by atoms with van der Waals surface area (Å²) in [5.74, 6) is 0.143. The maximum absolute atomic E-state index is 11.2. The van der Waals surface area contributed by atoms with E-state index >= 15 is 0 Å². The Morgan fingerprint density at radius 2 is 2.25 bits per heavy atom. The minimum atomic E-state index is 0.143. The highest BCUT2D eigenvalue weighted by Crippen LogP contribution is 2.05. The minimum Gasteiger partial charge on any atom is -0.356 e. The molecule has 0 unspecified atom stereocenters. The van der Waals surface area contributed by atoms with E-state index in [1.165, 1.54) is 5.56 Å². The molecule has 2 N–H and O–H groups in total. The molecule has 1 rings (SSSR count). The number of carbonyl (C=O) groups is 1. The van der Waals surface area contributed by atoms with Gasteiger partial charge < -0.3 is 10.6 Å². The fourth-order valence-corrected chi connectivity index (χ4v) is 2.05. The molecule has 0 fully saturated rings. The van der Waals surface area contributed by atoms with Crippen LogP contribution in [0.25, 0.3) is 0 Å². The van der Waals surface area contributed by atoms with Gasteiger partial charge in [0, 0.05) is 19.5 Å². The van der Waals surface area contributed by atoms with E-state index in [1.54, 1.807) is 11.3 Å². The van der Waals surface area contributed by atoms with Crippen molar-refractivity contribution in [3.8, 4) is 0 Å². The third kappa shape index (κ3) is 5.88. The molecule has 0 radical (unpaired) electrons. The van der Waals surface area contributed by atoms with Gasteiger partial charge in [-0.15, -0.1) is 0 Å². The lowest BCUT2D eigenvalue weighted by Crippen LogP contribution is -2.28. The second kappa shape index (κ2) is 8.30. The second-order valence-corrected chi connectivity index (χ2v) is 4.51. The zero-order valence-electron chi connectivity index (χ0n) is 9.79. The van der Waals surface area contributed by atoms with E-state index < -0.39 is 0 Å². The molecular weight excluding hydrogens is 220 g/mol. The normalized spacial score (nSPS) is 10.3. The van der Waals surface area contributed by atoms with Gasteiger partial charge in [-0.1, -0.05) is 6.92 Å². The van der Waals surface area contributed by atoms with Gasteiger partial charge in [0.2, 0.25) is 5.91 Å². The molecule has 90 valence electrons. The number of carbonyl (C=O) groups excluding carboxylic acids is 1. The van der Waals surface area contributed by atoms with Crippen LogP contribution in [0.2, 0.25) is 0 Å². The average Bonchev–Trinajstić information content (AvgIpc) is 2.79. The smallest absolute Gasteiger partial charge is 0.221 e. The lowest BCUT2D eigenvalue weighted by atomic mass is 10.2. The van der Waals surface area contributed by atoms with E-state index in [2.05, 4.69) is 34.4 Å². The van der Waals surface area contributed by atoms with Gasteiger partial charge in [0.1, 0.15) is 0 Å². The Morgan fingerprint density at radius 1 is 1.38 bits per heavy atom. The molecule has 0 aliphatic rings. The molecule has 0 saturated carbocycles. The van der Waals surface area contributed by atoms with Gasteiger partial charge in [-0.3, -0.25) is 4.79 Å². The summed E-state index contributed by atoms with van der Waals surface area (Å²) in [7, 11) is 0. The first-order chi connectivity index (χ1) is 7.83. The third-order valence-corrected chi connectivity index (χ3v) is 3.00. The second-order valence-electron chi connectivity index (χ2n) is 3.73. The summed E-state index contributed by atoms with van der Waals surface area (Å²) in [6.45, 7) is 4.55. The van der Waals surface area contributed by atoms with Crippen LogP contribution in [-0.2, 0) is 11.2 Å². The monoisotopic (exact) mass is 240 g/mol. The van der Waals surface area contributed by atoms with E-state index in [9.17, 15) is 4.79 Å². The van der Waals surface area contributed by atoms with Gasteiger partial charge in [0.25, 0.3) is 0 Å². The third-order valence-electron chi connectivity index (χ3n) is 2.27. The largest absolute Gasteiger partial charge is 0.356 e. The number of hydrogen-bond donors (Lipinski definition) is 2. The Balaban J connectivity index is 1.93. The van der Waals surface area contributed by atoms with Gasteiger partial charge in [-0.2, -0.15) is 11.3 Å². The van der Waals surface area contributed by atoms with Gasteiger partial charge in [0.05, 0.1) is 0 Å². The summed E-state index contributed by atoms with van der Waals surface area (Å²) in [6.07, 6.45) is 2.61. The van der Waals surface area contributed by atoms with Crippen LogP contribution in [0.5, 0.6) is 0 Å². The topological polar surface area (TPSA) is 41.1 Å². The molecular formula is C12H20N2OS. The van der Waals surface area contributed by atoms with Crippen LogP contribution in [0, 0.1) is 0 Å². The molecule has 0 aliphatic carbocycles. The quantitative estimate of drug-likeness (QED) is 0.680. The first-order valence-corrected chi connectivity index (χ1v) is 6.75. The lowest BCUT2D eigenvalue weighted by molar-refractivity contribution is -0.120. The van der Waals surface area contributed by atoms with E-state index in [1.807, 2.05) is 0 Å². The van der Waals surface area contributed by atoms with Crippen molar-refractivity contribution in [2.24, 2.45) is 0 Å². The van der Waals surface area contributed by atoms with Crippen LogP contribution in [-0.4, -0.2) is 25.5 Å². The fraction of sp³-hybridized carbons (Fsp3) is 0.583. The van der Waals surface area contributed by atoms with Crippen LogP contribution in [0.15, 0.2) is 16.8 Å². The lowest BCUT2D eigenvalue weighted by Gasteiger charge is -2.04. The molecule has 0 aromatic carbocycles.